The van der Waals surface area contributed by atoms with Gasteiger partial charge >= 0.3 is 0 Å². The highest BCUT2D eigenvalue weighted by Gasteiger charge is 2.62. The fourth-order valence-electron chi connectivity index (χ4n) is 6.62. The molecule has 23 heavy (non-hydrogen) atoms. The van der Waals surface area contributed by atoms with Gasteiger partial charge in [0.2, 0.25) is 0 Å². The van der Waals surface area contributed by atoms with Crippen molar-refractivity contribution >= 4 is 15.9 Å². The molecule has 3 N–H and O–H groups in total. The number of hydrogen-bond donors (Lipinski definition) is 3. The van der Waals surface area contributed by atoms with E-state index >= 15 is 0 Å². The normalized spacial score (nSPS) is 58.9. The number of fused-ring (bicyclic) bond motifs is 5. The minimum absolute atomic E-state index is 0.0674. The monoisotopic (exact) mass is 384 g/mol. The molecule has 9 atom stereocenters. The Morgan fingerprint density at radius 1 is 1.09 bits per heavy atom. The van der Waals surface area contributed by atoms with Crippen molar-refractivity contribution in [3.05, 3.63) is 11.6 Å². The lowest BCUT2D eigenvalue weighted by Crippen LogP contribution is -2.56. The van der Waals surface area contributed by atoms with Crippen molar-refractivity contribution in [1.29, 1.82) is 0 Å². The average Bonchev–Trinajstić information content (AvgIpc) is 2.73. The molecule has 0 aliphatic heterocycles. The van der Waals surface area contributed by atoms with Crippen LogP contribution in [0.4, 0.5) is 0 Å². The minimum Gasteiger partial charge on any atom is -0.392 e. The summed E-state index contributed by atoms with van der Waals surface area (Å²) in [5.74, 6) is 1.15. The summed E-state index contributed by atoms with van der Waals surface area (Å²) < 4.78 is 0. The van der Waals surface area contributed by atoms with Crippen LogP contribution in [0.5, 0.6) is 0 Å². The van der Waals surface area contributed by atoms with E-state index in [4.69, 9.17) is 0 Å². The molecule has 3 saturated carbocycles. The molecule has 4 aliphatic rings. The number of aliphatic hydroxyl groups is 3. The van der Waals surface area contributed by atoms with Gasteiger partial charge in [-0.1, -0.05) is 41.4 Å². The highest BCUT2D eigenvalue weighted by Crippen LogP contribution is 2.65. The molecule has 0 amide bonds. The predicted octanol–water partition coefficient (Wildman–Crippen LogP) is 3.02. The van der Waals surface area contributed by atoms with Gasteiger partial charge in [0.15, 0.2) is 0 Å². The number of rotatable bonds is 0. The van der Waals surface area contributed by atoms with Crippen LogP contribution in [0.2, 0.25) is 0 Å². The lowest BCUT2D eigenvalue weighted by atomic mass is 9.46. The lowest BCUT2D eigenvalue weighted by molar-refractivity contribution is -0.121. The van der Waals surface area contributed by atoms with E-state index in [1.54, 1.807) is 0 Å². The lowest BCUT2D eigenvalue weighted by Gasteiger charge is -2.59. The molecule has 4 aliphatic carbocycles. The Kier molecular flexibility index (Phi) is 3.81. The van der Waals surface area contributed by atoms with Crippen LogP contribution in [0.15, 0.2) is 11.6 Å². The Labute approximate surface area is 147 Å². The number of aliphatic hydroxyl groups excluding tert-OH is 3. The Balaban J connectivity index is 1.73. The van der Waals surface area contributed by atoms with E-state index in [9.17, 15) is 15.3 Å². The minimum atomic E-state index is -0.337. The van der Waals surface area contributed by atoms with E-state index in [1.807, 2.05) is 6.08 Å². The molecule has 0 heterocycles. The molecule has 3 fully saturated rings. The SMILES string of the molecule is C[C@]12CC[C@H](O)C=C1C[C@@H](O)C1C2CC[C@@]2(C)C1C[C@@H](Br)[C@@H]2O. The Morgan fingerprint density at radius 3 is 2.57 bits per heavy atom. The Hall–Kier alpha value is 0.1000. The van der Waals surface area contributed by atoms with Gasteiger partial charge in [0.25, 0.3) is 0 Å². The molecule has 0 bridgehead atoms. The van der Waals surface area contributed by atoms with Crippen LogP contribution in [0.25, 0.3) is 0 Å². The Morgan fingerprint density at radius 2 is 1.83 bits per heavy atom. The van der Waals surface area contributed by atoms with Crippen molar-refractivity contribution in [3.8, 4) is 0 Å². The topological polar surface area (TPSA) is 60.7 Å². The number of hydrogen-bond acceptors (Lipinski definition) is 3. The average molecular weight is 385 g/mol. The second-order valence-electron chi connectivity index (χ2n) is 9.02. The maximum atomic E-state index is 11.0. The molecular formula is C19H29BrO3. The summed E-state index contributed by atoms with van der Waals surface area (Å²) in [5.41, 5.74) is 1.34. The molecule has 130 valence electrons. The summed E-state index contributed by atoms with van der Waals surface area (Å²) in [7, 11) is 0. The van der Waals surface area contributed by atoms with E-state index in [1.165, 1.54) is 5.57 Å². The van der Waals surface area contributed by atoms with Crippen LogP contribution in [-0.4, -0.2) is 38.5 Å². The predicted molar refractivity (Wildman–Crippen MR) is 93.2 cm³/mol. The first-order valence-corrected chi connectivity index (χ1v) is 10.1. The van der Waals surface area contributed by atoms with Crippen molar-refractivity contribution in [3.63, 3.8) is 0 Å². The maximum Gasteiger partial charge on any atom is 0.0724 e. The Bertz CT molecular complexity index is 535. The van der Waals surface area contributed by atoms with Gasteiger partial charge in [0, 0.05) is 4.83 Å². The molecule has 0 saturated heterocycles. The summed E-state index contributed by atoms with van der Waals surface area (Å²) in [6.45, 7) is 4.58. The molecule has 3 unspecified atom stereocenters. The van der Waals surface area contributed by atoms with Crippen LogP contribution >= 0.6 is 15.9 Å². The maximum absolute atomic E-state index is 11.0. The van der Waals surface area contributed by atoms with Gasteiger partial charge in [-0.05, 0) is 67.1 Å². The zero-order chi connectivity index (χ0) is 16.6. The molecule has 4 rings (SSSR count). The van der Waals surface area contributed by atoms with E-state index in [0.29, 0.717) is 18.3 Å². The summed E-state index contributed by atoms with van der Waals surface area (Å²) in [6.07, 6.45) is 6.69. The van der Waals surface area contributed by atoms with Crippen LogP contribution in [-0.2, 0) is 0 Å². The van der Waals surface area contributed by atoms with Crippen LogP contribution in [0.3, 0.4) is 0 Å². The van der Waals surface area contributed by atoms with Crippen molar-refractivity contribution in [2.75, 3.05) is 0 Å². The molecule has 4 heteroatoms. The van der Waals surface area contributed by atoms with Gasteiger partial charge in [-0.2, -0.15) is 0 Å². The molecule has 0 radical (unpaired) electrons. The van der Waals surface area contributed by atoms with Gasteiger partial charge in [-0.25, -0.2) is 0 Å². The van der Waals surface area contributed by atoms with E-state index in [0.717, 1.165) is 32.1 Å². The van der Waals surface area contributed by atoms with Gasteiger partial charge in [0.1, 0.15) is 0 Å². The van der Waals surface area contributed by atoms with Crippen molar-refractivity contribution in [2.45, 2.75) is 75.5 Å². The van der Waals surface area contributed by atoms with Crippen LogP contribution in [0.1, 0.15) is 52.4 Å². The summed E-state index contributed by atoms with van der Waals surface area (Å²) >= 11 is 3.68. The first-order valence-electron chi connectivity index (χ1n) is 9.17. The van der Waals surface area contributed by atoms with Crippen molar-refractivity contribution < 1.29 is 15.3 Å². The molecular weight excluding hydrogens is 356 g/mol. The van der Waals surface area contributed by atoms with Crippen LogP contribution in [0, 0.1) is 28.6 Å². The largest absolute Gasteiger partial charge is 0.392 e. The van der Waals surface area contributed by atoms with Gasteiger partial charge in [-0.3, -0.25) is 0 Å². The molecule has 0 spiro atoms. The molecule has 0 aromatic carbocycles. The van der Waals surface area contributed by atoms with E-state index < -0.39 is 0 Å². The first kappa shape index (κ1) is 16.6. The highest BCUT2D eigenvalue weighted by atomic mass is 79.9. The third-order valence-electron chi connectivity index (χ3n) is 8.05. The zero-order valence-corrected chi connectivity index (χ0v) is 15.7. The van der Waals surface area contributed by atoms with Crippen LogP contribution < -0.4 is 0 Å². The molecule has 3 nitrogen and oxygen atoms in total. The second kappa shape index (κ2) is 5.30. The highest BCUT2D eigenvalue weighted by molar-refractivity contribution is 9.09. The first-order chi connectivity index (χ1) is 10.8. The van der Waals surface area contributed by atoms with Gasteiger partial charge in [-0.15, -0.1) is 0 Å². The fourth-order valence-corrected chi connectivity index (χ4v) is 7.63. The third-order valence-corrected chi connectivity index (χ3v) is 8.92. The second-order valence-corrected chi connectivity index (χ2v) is 10.2. The standard InChI is InChI=1S/C19H29BrO3/c1-18-5-3-11(21)7-10(18)8-15(22)16-12(18)4-6-19(2)13(16)9-14(20)17(19)23/h7,11-17,21-23H,3-6,8-9H2,1-2H3/t11-,12?,13?,14+,15+,16?,17-,18-,19-/m0/s1. The third kappa shape index (κ3) is 2.17. The van der Waals surface area contributed by atoms with E-state index in [2.05, 4.69) is 29.8 Å². The van der Waals surface area contributed by atoms with Crippen molar-refractivity contribution in [2.24, 2.45) is 28.6 Å². The quantitative estimate of drug-likeness (QED) is 0.444. The number of halogens is 1. The van der Waals surface area contributed by atoms with E-state index in [-0.39, 0.29) is 39.9 Å². The van der Waals surface area contributed by atoms with Gasteiger partial charge < -0.3 is 15.3 Å². The summed E-state index contributed by atoms with van der Waals surface area (Å²) in [4.78, 5) is 0.154. The van der Waals surface area contributed by atoms with Gasteiger partial charge in [0.05, 0.1) is 18.3 Å². The number of alkyl halides is 1. The molecule has 0 aromatic heterocycles. The van der Waals surface area contributed by atoms with Crippen molar-refractivity contribution in [1.82, 2.24) is 0 Å². The fraction of sp³-hybridized carbons (Fsp3) is 0.895. The smallest absolute Gasteiger partial charge is 0.0724 e. The zero-order valence-electron chi connectivity index (χ0n) is 14.1. The summed E-state index contributed by atoms with van der Waals surface area (Å²) in [5, 5.41) is 31.7. The summed E-state index contributed by atoms with van der Waals surface area (Å²) in [6, 6.07) is 0. The molecule has 0 aromatic rings.